The summed E-state index contributed by atoms with van der Waals surface area (Å²) in [6.07, 6.45) is 5.03. The summed E-state index contributed by atoms with van der Waals surface area (Å²) in [5, 5.41) is 0. The van der Waals surface area contributed by atoms with E-state index < -0.39 is 0 Å². The van der Waals surface area contributed by atoms with Crippen LogP contribution in [0.25, 0.3) is 0 Å². The van der Waals surface area contributed by atoms with Gasteiger partial charge in [0, 0.05) is 18.6 Å². The van der Waals surface area contributed by atoms with E-state index in [1.165, 1.54) is 19.4 Å². The predicted octanol–water partition coefficient (Wildman–Crippen LogP) is 1.85. The summed E-state index contributed by atoms with van der Waals surface area (Å²) in [6, 6.07) is 0. The maximum Gasteiger partial charge on any atom is 0.0278 e. The molecule has 0 bridgehead atoms. The highest BCUT2D eigenvalue weighted by molar-refractivity contribution is 4.86. The largest absolute Gasteiger partial charge is 0.324 e. The lowest BCUT2D eigenvalue weighted by molar-refractivity contribution is 0.227. The Bertz CT molecular complexity index is 148. The Balaban J connectivity index is 2.26. The third-order valence-corrected chi connectivity index (χ3v) is 3.26. The summed E-state index contributed by atoms with van der Waals surface area (Å²) >= 11 is 0. The van der Waals surface area contributed by atoms with Gasteiger partial charge in [-0.25, -0.2) is 0 Å². The Morgan fingerprint density at radius 2 is 1.85 bits per heavy atom. The van der Waals surface area contributed by atoms with E-state index in [2.05, 4.69) is 25.8 Å². The van der Waals surface area contributed by atoms with Crippen LogP contribution in [0.3, 0.4) is 0 Å². The minimum absolute atomic E-state index is 0.0453. The first-order valence-electron chi connectivity index (χ1n) is 5.57. The van der Waals surface area contributed by atoms with Gasteiger partial charge in [0.1, 0.15) is 0 Å². The Kier molecular flexibility index (Phi) is 3.74. The number of rotatable bonds is 6. The minimum Gasteiger partial charge on any atom is -0.324 e. The zero-order valence-electron chi connectivity index (χ0n) is 9.34. The van der Waals surface area contributed by atoms with Gasteiger partial charge in [0.05, 0.1) is 0 Å². The number of likely N-dealkylation sites (N-methyl/N-ethyl adjacent to an activating group) is 1. The number of hydrogen-bond acceptors (Lipinski definition) is 2. The molecule has 0 aromatic rings. The molecule has 1 saturated carbocycles. The first kappa shape index (κ1) is 11.0. The zero-order chi connectivity index (χ0) is 9.90. The van der Waals surface area contributed by atoms with Crippen LogP contribution < -0.4 is 5.73 Å². The van der Waals surface area contributed by atoms with Crippen molar-refractivity contribution in [3.8, 4) is 0 Å². The Morgan fingerprint density at radius 3 is 2.23 bits per heavy atom. The van der Waals surface area contributed by atoms with Gasteiger partial charge in [-0.3, -0.25) is 0 Å². The topological polar surface area (TPSA) is 29.3 Å². The summed E-state index contributed by atoms with van der Waals surface area (Å²) in [7, 11) is 2.20. The fourth-order valence-corrected chi connectivity index (χ4v) is 1.82. The molecule has 0 aromatic carbocycles. The summed E-state index contributed by atoms with van der Waals surface area (Å²) in [5.41, 5.74) is 6.30. The molecule has 0 heterocycles. The highest BCUT2D eigenvalue weighted by Gasteiger charge is 2.27. The van der Waals surface area contributed by atoms with E-state index in [1.54, 1.807) is 0 Å². The van der Waals surface area contributed by atoms with Gasteiger partial charge in [0.15, 0.2) is 0 Å². The molecular formula is C11H24N2. The fraction of sp³-hybridized carbons (Fsp3) is 1.00. The maximum absolute atomic E-state index is 6.25. The smallest absolute Gasteiger partial charge is 0.0278 e. The van der Waals surface area contributed by atoms with Crippen molar-refractivity contribution in [3.63, 3.8) is 0 Å². The van der Waals surface area contributed by atoms with Gasteiger partial charge in [-0.05, 0) is 38.6 Å². The lowest BCUT2D eigenvalue weighted by Crippen LogP contribution is -2.48. The number of hydrogen-bond donors (Lipinski definition) is 1. The third kappa shape index (κ3) is 3.65. The quantitative estimate of drug-likeness (QED) is 0.682. The highest BCUT2D eigenvalue weighted by atomic mass is 15.1. The van der Waals surface area contributed by atoms with Crippen LogP contribution in [0.1, 0.15) is 39.5 Å². The van der Waals surface area contributed by atoms with Crippen molar-refractivity contribution < 1.29 is 0 Å². The third-order valence-electron chi connectivity index (χ3n) is 3.26. The van der Waals surface area contributed by atoms with Gasteiger partial charge in [0.25, 0.3) is 0 Å². The molecule has 78 valence electrons. The van der Waals surface area contributed by atoms with Crippen LogP contribution in [0.5, 0.6) is 0 Å². The van der Waals surface area contributed by atoms with Gasteiger partial charge in [0.2, 0.25) is 0 Å². The van der Waals surface area contributed by atoms with E-state index in [0.717, 1.165) is 25.3 Å². The number of nitrogens with two attached hydrogens (primary N) is 1. The summed E-state index contributed by atoms with van der Waals surface area (Å²) in [6.45, 7) is 6.68. The van der Waals surface area contributed by atoms with Gasteiger partial charge in [-0.15, -0.1) is 0 Å². The molecule has 2 N–H and O–H groups in total. The molecule has 0 saturated heterocycles. The van der Waals surface area contributed by atoms with E-state index in [9.17, 15) is 0 Å². The molecular weight excluding hydrogens is 160 g/mol. The first-order chi connectivity index (χ1) is 6.09. The first-order valence-corrected chi connectivity index (χ1v) is 5.57. The second kappa shape index (κ2) is 4.43. The van der Waals surface area contributed by atoms with Crippen molar-refractivity contribution in [1.82, 2.24) is 4.90 Å². The monoisotopic (exact) mass is 184 g/mol. The molecule has 0 radical (unpaired) electrons. The predicted molar refractivity (Wildman–Crippen MR) is 57.7 cm³/mol. The van der Waals surface area contributed by atoms with Crippen LogP contribution in [0.4, 0.5) is 0 Å². The van der Waals surface area contributed by atoms with Gasteiger partial charge in [-0.1, -0.05) is 13.8 Å². The van der Waals surface area contributed by atoms with E-state index in [1.807, 2.05) is 0 Å². The van der Waals surface area contributed by atoms with E-state index in [0.29, 0.717) is 0 Å². The standard InChI is InChI=1S/C11H24N2/c1-4-11(12,5-2)9-13(3)8-10-6-7-10/h10H,4-9,12H2,1-3H3. The lowest BCUT2D eigenvalue weighted by Gasteiger charge is -2.31. The molecule has 1 fully saturated rings. The van der Waals surface area contributed by atoms with Crippen molar-refractivity contribution in [1.29, 1.82) is 0 Å². The zero-order valence-corrected chi connectivity index (χ0v) is 9.34. The molecule has 1 aliphatic carbocycles. The van der Waals surface area contributed by atoms with Crippen molar-refractivity contribution >= 4 is 0 Å². The molecule has 0 atom stereocenters. The maximum atomic E-state index is 6.25. The van der Waals surface area contributed by atoms with Gasteiger partial charge in [-0.2, -0.15) is 0 Å². The Labute approximate surface area is 82.5 Å². The summed E-state index contributed by atoms with van der Waals surface area (Å²) < 4.78 is 0. The van der Waals surface area contributed by atoms with Crippen LogP contribution in [0.2, 0.25) is 0 Å². The summed E-state index contributed by atoms with van der Waals surface area (Å²) in [4.78, 5) is 2.41. The molecule has 0 unspecified atom stereocenters. The molecule has 1 aliphatic rings. The van der Waals surface area contributed by atoms with Crippen LogP contribution in [0, 0.1) is 5.92 Å². The molecule has 0 spiro atoms. The molecule has 0 amide bonds. The fourth-order valence-electron chi connectivity index (χ4n) is 1.82. The van der Waals surface area contributed by atoms with Crippen LogP contribution in [0.15, 0.2) is 0 Å². The average molecular weight is 184 g/mol. The van der Waals surface area contributed by atoms with Crippen LogP contribution in [-0.4, -0.2) is 30.6 Å². The van der Waals surface area contributed by atoms with Crippen molar-refractivity contribution in [3.05, 3.63) is 0 Å². The molecule has 0 aromatic heterocycles. The van der Waals surface area contributed by atoms with Gasteiger partial charge >= 0.3 is 0 Å². The van der Waals surface area contributed by atoms with E-state index in [4.69, 9.17) is 5.73 Å². The summed E-state index contributed by atoms with van der Waals surface area (Å²) in [5.74, 6) is 0.975. The lowest BCUT2D eigenvalue weighted by atomic mass is 9.93. The molecule has 13 heavy (non-hydrogen) atoms. The second-order valence-corrected chi connectivity index (χ2v) is 4.71. The molecule has 1 rings (SSSR count). The Morgan fingerprint density at radius 1 is 1.31 bits per heavy atom. The van der Waals surface area contributed by atoms with E-state index in [-0.39, 0.29) is 5.54 Å². The van der Waals surface area contributed by atoms with E-state index >= 15 is 0 Å². The van der Waals surface area contributed by atoms with Crippen LogP contribution >= 0.6 is 0 Å². The van der Waals surface area contributed by atoms with Crippen molar-refractivity contribution in [2.24, 2.45) is 11.7 Å². The van der Waals surface area contributed by atoms with Crippen LogP contribution in [-0.2, 0) is 0 Å². The molecule has 2 nitrogen and oxygen atoms in total. The Hall–Kier alpha value is -0.0800. The van der Waals surface area contributed by atoms with Crippen molar-refractivity contribution in [2.75, 3.05) is 20.1 Å². The second-order valence-electron chi connectivity index (χ2n) is 4.71. The van der Waals surface area contributed by atoms with Crippen molar-refractivity contribution in [2.45, 2.75) is 45.1 Å². The average Bonchev–Trinajstić information content (AvgIpc) is 2.88. The SMILES string of the molecule is CCC(N)(CC)CN(C)CC1CC1. The molecule has 0 aliphatic heterocycles. The highest BCUT2D eigenvalue weighted by Crippen LogP contribution is 2.29. The van der Waals surface area contributed by atoms with Gasteiger partial charge < -0.3 is 10.6 Å². The minimum atomic E-state index is 0.0453. The molecule has 2 heteroatoms. The number of nitrogens with zero attached hydrogens (tertiary/aromatic N) is 1. The normalized spacial score (nSPS) is 18.2.